The monoisotopic (exact) mass is 534 g/mol. The van der Waals surface area contributed by atoms with Crippen LogP contribution < -0.4 is 10.6 Å². The van der Waals surface area contributed by atoms with Crippen molar-refractivity contribution >= 4 is 23.3 Å². The Kier molecular flexibility index (Phi) is 8.42. The molecule has 210 valence electrons. The molecule has 0 saturated carbocycles. The number of hydrogen-bond acceptors (Lipinski definition) is 6. The minimum absolute atomic E-state index is 0.230. The summed E-state index contributed by atoms with van der Waals surface area (Å²) in [4.78, 5) is 45.4. The normalized spacial score (nSPS) is 25.2. The first-order chi connectivity index (χ1) is 18.0. The van der Waals surface area contributed by atoms with Gasteiger partial charge in [-0.1, -0.05) is 27.7 Å². The molecular weight excluding hydrogens is 494 g/mol. The summed E-state index contributed by atoms with van der Waals surface area (Å²) in [6.45, 7) is 11.9. The molecule has 1 aromatic carbocycles. The molecule has 4 atom stereocenters. The van der Waals surface area contributed by atoms with Gasteiger partial charge in [0.25, 0.3) is 0 Å². The quantitative estimate of drug-likeness (QED) is 0.524. The Bertz CT molecular complexity index is 1060. The molecule has 0 aliphatic carbocycles. The molecule has 2 N–H and O–H groups in total. The summed E-state index contributed by atoms with van der Waals surface area (Å²) in [6.07, 6.45) is -2.07. The van der Waals surface area contributed by atoms with Gasteiger partial charge in [-0.05, 0) is 48.6 Å². The average molecular weight is 535 g/mol. The van der Waals surface area contributed by atoms with E-state index in [4.69, 9.17) is 10.5 Å². The third kappa shape index (κ3) is 5.30. The highest BCUT2D eigenvalue weighted by Crippen LogP contribution is 2.45. The topological polar surface area (TPSA) is 96.2 Å². The number of fused-ring (bicyclic) bond motifs is 1. The Morgan fingerprint density at radius 1 is 1.16 bits per heavy atom. The van der Waals surface area contributed by atoms with Crippen molar-refractivity contribution in [3.8, 4) is 0 Å². The number of hydrogen-bond donors (Lipinski definition) is 1. The number of benzene rings is 1. The van der Waals surface area contributed by atoms with Gasteiger partial charge in [0.1, 0.15) is 12.6 Å². The number of ether oxygens (including phenoxy) is 1. The number of likely N-dealkylation sites (tertiary alicyclic amines) is 1. The summed E-state index contributed by atoms with van der Waals surface area (Å²) in [7, 11) is 0. The van der Waals surface area contributed by atoms with Gasteiger partial charge in [-0.25, -0.2) is 8.78 Å². The fraction of sp³-hybridized carbons (Fsp3) is 0.679. The lowest BCUT2D eigenvalue weighted by molar-refractivity contribution is -0.140. The van der Waals surface area contributed by atoms with E-state index in [2.05, 4.69) is 16.7 Å². The smallest absolute Gasteiger partial charge is 0.249 e. The zero-order valence-electron chi connectivity index (χ0n) is 22.8. The van der Waals surface area contributed by atoms with Crippen LogP contribution in [0, 0.1) is 11.3 Å². The number of carbonyl (C=O) groups is 3. The lowest BCUT2D eigenvalue weighted by Crippen LogP contribution is -2.48. The van der Waals surface area contributed by atoms with E-state index in [0.29, 0.717) is 12.0 Å². The molecule has 3 heterocycles. The Morgan fingerprint density at radius 3 is 2.42 bits per heavy atom. The maximum atomic E-state index is 14.3. The van der Waals surface area contributed by atoms with Crippen molar-refractivity contribution in [3.05, 3.63) is 29.3 Å². The van der Waals surface area contributed by atoms with Crippen LogP contribution in [0.5, 0.6) is 0 Å². The first-order valence-electron chi connectivity index (χ1n) is 13.6. The van der Waals surface area contributed by atoms with Gasteiger partial charge in [0.2, 0.25) is 18.2 Å². The van der Waals surface area contributed by atoms with Crippen LogP contribution in [0.1, 0.15) is 62.4 Å². The highest BCUT2D eigenvalue weighted by molar-refractivity contribution is 5.99. The van der Waals surface area contributed by atoms with Crippen molar-refractivity contribution in [2.75, 3.05) is 50.8 Å². The summed E-state index contributed by atoms with van der Waals surface area (Å²) in [5, 5.41) is 0. The predicted molar refractivity (Wildman–Crippen MR) is 140 cm³/mol. The Labute approximate surface area is 223 Å². The van der Waals surface area contributed by atoms with Crippen molar-refractivity contribution in [2.24, 2.45) is 17.1 Å². The van der Waals surface area contributed by atoms with E-state index in [1.54, 1.807) is 6.07 Å². The van der Waals surface area contributed by atoms with E-state index >= 15 is 0 Å². The number of carbonyl (C=O) groups excluding carboxylic acids is 3. The third-order valence-electron chi connectivity index (χ3n) is 8.66. The number of ketones is 1. The van der Waals surface area contributed by atoms with Crippen LogP contribution in [0.15, 0.2) is 18.2 Å². The van der Waals surface area contributed by atoms with Crippen molar-refractivity contribution in [1.82, 2.24) is 9.80 Å². The van der Waals surface area contributed by atoms with Crippen molar-refractivity contribution < 1.29 is 27.9 Å². The second-order valence-electron chi connectivity index (χ2n) is 11.4. The molecule has 3 aliphatic heterocycles. The van der Waals surface area contributed by atoms with E-state index in [1.165, 1.54) is 4.90 Å². The van der Waals surface area contributed by atoms with Gasteiger partial charge in [0.05, 0.1) is 17.9 Å². The van der Waals surface area contributed by atoms with Crippen molar-refractivity contribution in [1.29, 1.82) is 0 Å². The van der Waals surface area contributed by atoms with Gasteiger partial charge in [-0.3, -0.25) is 19.3 Å². The minimum Gasteiger partial charge on any atom is -0.369 e. The van der Waals surface area contributed by atoms with Gasteiger partial charge >= 0.3 is 0 Å². The largest absolute Gasteiger partial charge is 0.369 e. The third-order valence-corrected chi connectivity index (χ3v) is 8.66. The molecule has 4 rings (SSSR count). The van der Waals surface area contributed by atoms with E-state index in [1.807, 2.05) is 32.9 Å². The highest BCUT2D eigenvalue weighted by atomic mass is 19.3. The van der Waals surface area contributed by atoms with Crippen LogP contribution >= 0.6 is 0 Å². The van der Waals surface area contributed by atoms with Crippen molar-refractivity contribution in [2.45, 2.75) is 65.0 Å². The van der Waals surface area contributed by atoms with E-state index < -0.39 is 47.6 Å². The number of Topliss-reactive ketones (excluding diaryl/α,β-unsaturated/α-hetero) is 1. The highest BCUT2D eigenvalue weighted by Gasteiger charge is 2.56. The van der Waals surface area contributed by atoms with Crippen LogP contribution in [0.2, 0.25) is 0 Å². The number of rotatable bonds is 9. The Balaban J connectivity index is 1.74. The molecule has 0 spiro atoms. The SMILES string of the molecule is CCCN1CCN(c2ccc(C(N)=O)c([C@@H](C(=O)N3C[C@@H](C(F)F)[C@H]4OCC(=O)[C@H]43)C(C)(C)CC)c2)CC1. The summed E-state index contributed by atoms with van der Waals surface area (Å²) in [6, 6.07) is 4.34. The summed E-state index contributed by atoms with van der Waals surface area (Å²) < 4.78 is 33.2. The summed E-state index contributed by atoms with van der Waals surface area (Å²) in [5.41, 5.74) is 6.72. The molecule has 8 nitrogen and oxygen atoms in total. The number of alkyl halides is 2. The first-order valence-corrected chi connectivity index (χ1v) is 13.6. The number of piperazine rings is 1. The molecule has 0 unspecified atom stereocenters. The molecule has 0 aromatic heterocycles. The van der Waals surface area contributed by atoms with Crippen LogP contribution in [0.3, 0.4) is 0 Å². The number of anilines is 1. The molecule has 10 heteroatoms. The van der Waals surface area contributed by atoms with Crippen molar-refractivity contribution in [3.63, 3.8) is 0 Å². The first kappa shape index (κ1) is 28.4. The van der Waals surface area contributed by atoms with E-state index in [9.17, 15) is 23.2 Å². The van der Waals surface area contributed by atoms with Crippen LogP contribution in [0.25, 0.3) is 0 Å². The molecule has 38 heavy (non-hydrogen) atoms. The second kappa shape index (κ2) is 11.3. The number of primary amides is 1. The zero-order valence-corrected chi connectivity index (χ0v) is 22.8. The Hall–Kier alpha value is -2.59. The number of halogens is 2. The Morgan fingerprint density at radius 2 is 1.84 bits per heavy atom. The molecule has 1 aromatic rings. The zero-order chi connectivity index (χ0) is 27.8. The van der Waals surface area contributed by atoms with Gasteiger partial charge < -0.3 is 20.3 Å². The maximum absolute atomic E-state index is 14.3. The lowest BCUT2D eigenvalue weighted by atomic mass is 9.71. The molecule has 0 radical (unpaired) electrons. The van der Waals surface area contributed by atoms with Gasteiger partial charge in [0.15, 0.2) is 5.78 Å². The van der Waals surface area contributed by atoms with E-state index in [0.717, 1.165) is 44.8 Å². The fourth-order valence-electron chi connectivity index (χ4n) is 6.16. The van der Waals surface area contributed by atoms with Gasteiger partial charge in [-0.15, -0.1) is 0 Å². The summed E-state index contributed by atoms with van der Waals surface area (Å²) >= 11 is 0. The molecule has 0 bridgehead atoms. The average Bonchev–Trinajstić information content (AvgIpc) is 3.45. The molecule has 3 saturated heterocycles. The van der Waals surface area contributed by atoms with Gasteiger partial charge in [-0.2, -0.15) is 0 Å². The van der Waals surface area contributed by atoms with Gasteiger partial charge in [0, 0.05) is 44.0 Å². The number of amides is 2. The molecule has 3 aliphatic rings. The standard InChI is InChI=1S/C28H40F2N4O4/c1-5-9-32-10-12-33(13-11-32)17-7-8-18(26(31)36)19(14-17)22(28(3,4)6-2)27(37)34-15-20(25(29)30)24-23(34)21(35)16-38-24/h7-8,14,20,22-25H,5-6,9-13,15-16H2,1-4H3,(H2,31,36)/t20-,22+,23-,24-/m1/s1. The summed E-state index contributed by atoms with van der Waals surface area (Å²) in [5.74, 6) is -3.56. The lowest BCUT2D eigenvalue weighted by Gasteiger charge is -2.39. The fourth-order valence-corrected chi connectivity index (χ4v) is 6.16. The molecule has 3 fully saturated rings. The van der Waals surface area contributed by atoms with Crippen LogP contribution in [-0.4, -0.2) is 91.8 Å². The number of nitrogens with zero attached hydrogens (tertiary/aromatic N) is 3. The number of nitrogens with two attached hydrogens (primary N) is 1. The van der Waals surface area contributed by atoms with Crippen LogP contribution in [0.4, 0.5) is 14.5 Å². The molecular formula is C28H40F2N4O4. The van der Waals surface area contributed by atoms with E-state index in [-0.39, 0.29) is 24.5 Å². The van der Waals surface area contributed by atoms with Crippen LogP contribution in [-0.2, 0) is 14.3 Å². The maximum Gasteiger partial charge on any atom is 0.249 e. The predicted octanol–water partition coefficient (Wildman–Crippen LogP) is 2.90. The second-order valence-corrected chi connectivity index (χ2v) is 11.4. The minimum atomic E-state index is -2.72. The molecule has 2 amide bonds.